The highest BCUT2D eigenvalue weighted by Gasteiger charge is 2.71. The summed E-state index contributed by atoms with van der Waals surface area (Å²) in [4.78, 5) is 37.7. The zero-order valence-electron chi connectivity index (χ0n) is 19.6. The third-order valence-corrected chi connectivity index (χ3v) is 6.80. The zero-order valence-corrected chi connectivity index (χ0v) is 20.4. The average molecular weight is 534 g/mol. The molecule has 4 rings (SSSR count). The smallest absolute Gasteiger partial charge is 0.475 e. The zero-order chi connectivity index (χ0) is 27.1. The van der Waals surface area contributed by atoms with Crippen LogP contribution in [0.2, 0.25) is 0 Å². The number of aryl methyl sites for hydroxylation is 2. The van der Waals surface area contributed by atoms with E-state index in [1.54, 1.807) is 29.2 Å². The van der Waals surface area contributed by atoms with Crippen LogP contribution in [0.4, 0.5) is 33.3 Å². The number of anilines is 2. The maximum atomic E-state index is 15.7. The summed E-state index contributed by atoms with van der Waals surface area (Å²) < 4.78 is 63.0. The summed E-state index contributed by atoms with van der Waals surface area (Å²) in [5.74, 6) is -3.71. The fourth-order valence-electron chi connectivity index (χ4n) is 4.30. The molecule has 2 N–H and O–H groups in total. The molecule has 0 aliphatic carbocycles. The molecule has 0 radical (unpaired) electrons. The van der Waals surface area contributed by atoms with Gasteiger partial charge in [0.15, 0.2) is 5.67 Å². The van der Waals surface area contributed by atoms with Crippen LogP contribution in [0.25, 0.3) is 0 Å². The number of alkyl halides is 5. The minimum Gasteiger partial charge on any atom is -0.475 e. The molecule has 0 unspecified atom stereocenters. The normalized spacial score (nSPS) is 23.8. The van der Waals surface area contributed by atoms with E-state index in [4.69, 9.17) is 9.90 Å². The molecule has 196 valence electrons. The molecule has 7 nitrogen and oxygen atoms in total. The summed E-state index contributed by atoms with van der Waals surface area (Å²) in [7, 11) is 0. The monoisotopic (exact) mass is 533 g/mol. The number of carboxylic acid groups (broad SMARTS) is 1. The maximum Gasteiger partial charge on any atom is 0.490 e. The number of halogens is 5. The summed E-state index contributed by atoms with van der Waals surface area (Å²) >= 11 is 1.52. The van der Waals surface area contributed by atoms with Crippen molar-refractivity contribution in [1.82, 2.24) is 4.90 Å². The molecule has 2 aromatic rings. The number of hydrogen-bond acceptors (Lipinski definition) is 5. The fourth-order valence-corrected chi connectivity index (χ4v) is 5.23. The number of nitrogens with one attached hydrogen (secondary N) is 1. The molecule has 13 heteroatoms. The molecule has 0 spiro atoms. The first kappa shape index (κ1) is 27.5. The highest BCUT2D eigenvalue weighted by Crippen LogP contribution is 2.48. The van der Waals surface area contributed by atoms with Gasteiger partial charge in [-0.05, 0) is 37.6 Å². The fraction of sp³-hybridized carbons (Fsp3) is 0.435. The van der Waals surface area contributed by atoms with Crippen molar-refractivity contribution >= 4 is 40.5 Å². The number of thiophene rings is 1. The van der Waals surface area contributed by atoms with Crippen molar-refractivity contribution in [3.8, 4) is 0 Å². The SMILES string of the molecule is CC(=O)Nc1ccc(CN2C[C@]3(F)CN(c4cc(C)sc4C)C(=O)[C@]3(F)C2)cc1.O=C(O)C(F)(F)F. The Morgan fingerprint density at radius 2 is 1.69 bits per heavy atom. The second-order valence-corrected chi connectivity index (χ2v) is 10.2. The molecular weight excluding hydrogens is 509 g/mol. The lowest BCUT2D eigenvalue weighted by Gasteiger charge is -2.22. The molecule has 2 saturated heterocycles. The molecule has 2 aliphatic rings. The van der Waals surface area contributed by atoms with Crippen molar-refractivity contribution in [2.45, 2.75) is 44.8 Å². The molecule has 36 heavy (non-hydrogen) atoms. The molecule has 2 aliphatic heterocycles. The van der Waals surface area contributed by atoms with Crippen LogP contribution in [-0.4, -0.2) is 64.9 Å². The first-order chi connectivity index (χ1) is 16.6. The Balaban J connectivity index is 0.000000454. The third-order valence-electron chi connectivity index (χ3n) is 5.85. The topological polar surface area (TPSA) is 90.0 Å². The van der Waals surface area contributed by atoms with Crippen molar-refractivity contribution in [3.63, 3.8) is 0 Å². The van der Waals surface area contributed by atoms with Crippen LogP contribution >= 0.6 is 11.3 Å². The Kier molecular flexibility index (Phi) is 7.47. The molecule has 0 bridgehead atoms. The highest BCUT2D eigenvalue weighted by molar-refractivity contribution is 7.12. The van der Waals surface area contributed by atoms with Crippen LogP contribution in [0, 0.1) is 13.8 Å². The van der Waals surface area contributed by atoms with Crippen molar-refractivity contribution < 1.29 is 41.4 Å². The van der Waals surface area contributed by atoms with E-state index < -0.39 is 29.4 Å². The number of amides is 2. The number of rotatable bonds is 4. The Morgan fingerprint density at radius 1 is 1.11 bits per heavy atom. The van der Waals surface area contributed by atoms with Crippen molar-refractivity contribution in [1.29, 1.82) is 0 Å². The van der Waals surface area contributed by atoms with Crippen LogP contribution in [0.5, 0.6) is 0 Å². The molecule has 1 aromatic carbocycles. The van der Waals surface area contributed by atoms with Gasteiger partial charge in [-0.25, -0.2) is 13.6 Å². The number of likely N-dealkylation sites (tertiary alicyclic amines) is 1. The number of aliphatic carboxylic acids is 1. The summed E-state index contributed by atoms with van der Waals surface area (Å²) in [5, 5.41) is 9.81. The Hall–Kier alpha value is -3.06. The average Bonchev–Trinajstić information content (AvgIpc) is 3.27. The van der Waals surface area contributed by atoms with Gasteiger partial charge in [-0.3, -0.25) is 14.5 Å². The number of carbonyl (C=O) groups is 3. The molecule has 0 saturated carbocycles. The van der Waals surface area contributed by atoms with Crippen LogP contribution in [0.1, 0.15) is 22.2 Å². The van der Waals surface area contributed by atoms with Crippen LogP contribution < -0.4 is 10.2 Å². The van der Waals surface area contributed by atoms with E-state index in [2.05, 4.69) is 5.32 Å². The predicted octanol–water partition coefficient (Wildman–Crippen LogP) is 4.24. The van der Waals surface area contributed by atoms with Crippen LogP contribution in [0.15, 0.2) is 30.3 Å². The molecule has 2 atom stereocenters. The van der Waals surface area contributed by atoms with E-state index in [1.807, 2.05) is 19.9 Å². The molecule has 3 heterocycles. The predicted molar refractivity (Wildman–Crippen MR) is 124 cm³/mol. The molecular formula is C23H24F5N3O4S. The first-order valence-electron chi connectivity index (χ1n) is 10.7. The van der Waals surface area contributed by atoms with Gasteiger partial charge in [0.2, 0.25) is 11.6 Å². The second-order valence-electron chi connectivity index (χ2n) is 8.78. The van der Waals surface area contributed by atoms with Gasteiger partial charge in [-0.2, -0.15) is 13.2 Å². The second kappa shape index (κ2) is 9.77. The summed E-state index contributed by atoms with van der Waals surface area (Å²) in [6.45, 7) is 4.87. The lowest BCUT2D eigenvalue weighted by molar-refractivity contribution is -0.192. The molecule has 2 fully saturated rings. The minimum atomic E-state index is -5.08. The van der Waals surface area contributed by atoms with Gasteiger partial charge in [0, 0.05) is 42.0 Å². The molecule has 2 amide bonds. The largest absolute Gasteiger partial charge is 0.490 e. The number of nitrogens with zero attached hydrogens (tertiary/aromatic N) is 2. The third kappa shape index (κ3) is 5.51. The maximum absolute atomic E-state index is 15.7. The number of hydrogen-bond donors (Lipinski definition) is 2. The van der Waals surface area contributed by atoms with Gasteiger partial charge in [0.25, 0.3) is 5.91 Å². The first-order valence-corrected chi connectivity index (χ1v) is 11.5. The van der Waals surface area contributed by atoms with Crippen molar-refractivity contribution in [2.24, 2.45) is 0 Å². The lowest BCUT2D eigenvalue weighted by atomic mass is 9.93. The van der Waals surface area contributed by atoms with E-state index in [0.717, 1.165) is 15.3 Å². The van der Waals surface area contributed by atoms with Gasteiger partial charge >= 0.3 is 12.1 Å². The van der Waals surface area contributed by atoms with E-state index >= 15 is 8.78 Å². The minimum absolute atomic E-state index is 0.138. The standard InChI is InChI=1S/C21H23F2N3O2S.C2HF3O2/c1-13-8-18(14(2)29-13)26-11-20(22)10-25(12-21(20,23)19(26)28)9-16-4-6-17(7-5-16)24-15(3)27;3-2(4,5)1(6)7/h4-8H,9-12H2,1-3H3,(H,24,27);(H,6,7)/t20-,21+;/m0./s1. The quantitative estimate of drug-likeness (QED) is 0.574. The summed E-state index contributed by atoms with van der Waals surface area (Å²) in [6.07, 6.45) is -5.08. The van der Waals surface area contributed by atoms with E-state index in [1.165, 1.54) is 23.2 Å². The lowest BCUT2D eigenvalue weighted by Crippen LogP contribution is -2.47. The van der Waals surface area contributed by atoms with Crippen molar-refractivity contribution in [2.75, 3.05) is 29.9 Å². The van der Waals surface area contributed by atoms with Gasteiger partial charge < -0.3 is 15.3 Å². The molecule has 1 aromatic heterocycles. The van der Waals surface area contributed by atoms with E-state index in [-0.39, 0.29) is 25.5 Å². The Labute approximate surface area is 207 Å². The summed E-state index contributed by atoms with van der Waals surface area (Å²) in [5.41, 5.74) is -2.63. The van der Waals surface area contributed by atoms with Gasteiger partial charge in [-0.15, -0.1) is 11.3 Å². The number of benzene rings is 1. The Bertz CT molecular complexity index is 1170. The number of fused-ring (bicyclic) bond motifs is 1. The van der Waals surface area contributed by atoms with Gasteiger partial charge in [-0.1, -0.05) is 12.1 Å². The van der Waals surface area contributed by atoms with Gasteiger partial charge in [0.05, 0.1) is 12.2 Å². The highest BCUT2D eigenvalue weighted by atomic mass is 32.1. The van der Waals surface area contributed by atoms with Crippen LogP contribution in [0.3, 0.4) is 0 Å². The van der Waals surface area contributed by atoms with Crippen LogP contribution in [-0.2, 0) is 20.9 Å². The van der Waals surface area contributed by atoms with E-state index in [0.29, 0.717) is 17.9 Å². The Morgan fingerprint density at radius 3 is 2.14 bits per heavy atom. The number of carbonyl (C=O) groups excluding carboxylic acids is 2. The van der Waals surface area contributed by atoms with Gasteiger partial charge in [0.1, 0.15) is 0 Å². The summed E-state index contributed by atoms with van der Waals surface area (Å²) in [6, 6.07) is 8.93. The van der Waals surface area contributed by atoms with E-state index in [9.17, 15) is 22.8 Å². The van der Waals surface area contributed by atoms with Crippen molar-refractivity contribution in [3.05, 3.63) is 45.6 Å². The number of carboxylic acids is 1.